The van der Waals surface area contributed by atoms with Crippen molar-refractivity contribution in [1.29, 1.82) is 0 Å². The Morgan fingerprint density at radius 2 is 2.21 bits per heavy atom. The summed E-state index contributed by atoms with van der Waals surface area (Å²) in [4.78, 5) is 29.5. The van der Waals surface area contributed by atoms with Gasteiger partial charge in [-0.05, 0) is 25.1 Å². The van der Waals surface area contributed by atoms with E-state index < -0.39 is 17.6 Å². The molecule has 10 heteroatoms. The van der Waals surface area contributed by atoms with Crippen LogP contribution in [-0.2, 0) is 17.6 Å². The molecule has 28 heavy (non-hydrogen) atoms. The monoisotopic (exact) mass is 397 g/mol. The lowest BCUT2D eigenvalue weighted by molar-refractivity contribution is -0.137. The summed E-state index contributed by atoms with van der Waals surface area (Å²) < 4.78 is 48.5. The molecule has 0 radical (unpaired) electrons. The number of oxazole rings is 1. The minimum absolute atomic E-state index is 0.00292. The third kappa shape index (κ3) is 4.62. The fraction of sp³-hybridized carbons (Fsp3) is 0.389. The topological polar surface area (TPSA) is 84.7 Å². The van der Waals surface area contributed by atoms with Gasteiger partial charge in [-0.1, -0.05) is 6.07 Å². The average molecular weight is 397 g/mol. The van der Waals surface area contributed by atoms with Crippen molar-refractivity contribution < 1.29 is 31.9 Å². The van der Waals surface area contributed by atoms with Gasteiger partial charge in [0.05, 0.1) is 11.6 Å². The molecule has 1 atom stereocenters. The highest BCUT2D eigenvalue weighted by molar-refractivity contribution is 5.93. The Labute approximate surface area is 158 Å². The summed E-state index contributed by atoms with van der Waals surface area (Å²) >= 11 is 0. The van der Waals surface area contributed by atoms with Crippen LogP contribution in [0.3, 0.4) is 0 Å². The molecule has 1 aliphatic heterocycles. The number of amides is 2. The number of benzene rings is 1. The van der Waals surface area contributed by atoms with Crippen LogP contribution in [0.2, 0.25) is 0 Å². The number of likely N-dealkylation sites (tertiary alicyclic amines) is 1. The zero-order valence-electron chi connectivity index (χ0n) is 15.0. The molecule has 2 aromatic rings. The van der Waals surface area contributed by atoms with Crippen LogP contribution in [0.1, 0.15) is 35.3 Å². The molecule has 1 N–H and O–H groups in total. The number of aromatic nitrogens is 1. The van der Waals surface area contributed by atoms with Gasteiger partial charge in [-0.15, -0.1) is 0 Å². The van der Waals surface area contributed by atoms with Crippen LogP contribution < -0.4 is 10.1 Å². The van der Waals surface area contributed by atoms with E-state index in [1.165, 1.54) is 12.1 Å². The van der Waals surface area contributed by atoms with Gasteiger partial charge in [-0.2, -0.15) is 13.2 Å². The first kappa shape index (κ1) is 19.7. The van der Waals surface area contributed by atoms with Gasteiger partial charge in [0.15, 0.2) is 12.3 Å². The summed E-state index contributed by atoms with van der Waals surface area (Å²) in [5.74, 6) is -0.476. The lowest BCUT2D eigenvalue weighted by atomic mass is 10.2. The van der Waals surface area contributed by atoms with Crippen molar-refractivity contribution in [3.63, 3.8) is 0 Å². The Morgan fingerprint density at radius 1 is 1.43 bits per heavy atom. The molecule has 0 unspecified atom stereocenters. The SMILES string of the molecule is CCN1C[C@H](NC(=O)c2coc(COc3cccc(C(F)(F)F)c3)n2)CC1=O. The molecule has 7 nitrogen and oxygen atoms in total. The highest BCUT2D eigenvalue weighted by Gasteiger charge is 2.31. The van der Waals surface area contributed by atoms with Crippen LogP contribution >= 0.6 is 0 Å². The Bertz CT molecular complexity index is 866. The van der Waals surface area contributed by atoms with Gasteiger partial charge in [0, 0.05) is 19.5 Å². The van der Waals surface area contributed by atoms with E-state index in [9.17, 15) is 22.8 Å². The molecule has 1 fully saturated rings. The first-order valence-corrected chi connectivity index (χ1v) is 8.59. The maximum Gasteiger partial charge on any atom is 0.416 e. The van der Waals surface area contributed by atoms with E-state index in [4.69, 9.17) is 9.15 Å². The summed E-state index contributed by atoms with van der Waals surface area (Å²) in [7, 11) is 0. The van der Waals surface area contributed by atoms with Gasteiger partial charge >= 0.3 is 6.18 Å². The van der Waals surface area contributed by atoms with Crippen LogP contribution in [0.4, 0.5) is 13.2 Å². The van der Waals surface area contributed by atoms with E-state index in [0.29, 0.717) is 13.1 Å². The minimum atomic E-state index is -4.47. The molecule has 1 aromatic heterocycles. The minimum Gasteiger partial charge on any atom is -0.484 e. The van der Waals surface area contributed by atoms with Gasteiger partial charge in [0.1, 0.15) is 12.0 Å². The number of hydrogen-bond donors (Lipinski definition) is 1. The summed E-state index contributed by atoms with van der Waals surface area (Å²) in [6.45, 7) is 2.63. The van der Waals surface area contributed by atoms with E-state index >= 15 is 0 Å². The lowest BCUT2D eigenvalue weighted by Gasteiger charge is -2.13. The van der Waals surface area contributed by atoms with Crippen LogP contribution in [-0.4, -0.2) is 40.8 Å². The van der Waals surface area contributed by atoms with Crippen LogP contribution in [0.25, 0.3) is 0 Å². The molecular formula is C18H18F3N3O4. The zero-order chi connectivity index (χ0) is 20.3. The predicted molar refractivity (Wildman–Crippen MR) is 90.4 cm³/mol. The highest BCUT2D eigenvalue weighted by atomic mass is 19.4. The van der Waals surface area contributed by atoms with Gasteiger partial charge in [0.2, 0.25) is 11.8 Å². The number of rotatable bonds is 6. The number of nitrogens with one attached hydrogen (secondary N) is 1. The number of halogens is 3. The maximum absolute atomic E-state index is 12.7. The zero-order valence-corrected chi connectivity index (χ0v) is 15.0. The Morgan fingerprint density at radius 3 is 2.89 bits per heavy atom. The van der Waals surface area contributed by atoms with E-state index in [1.807, 2.05) is 6.92 Å². The molecule has 1 saturated heterocycles. The predicted octanol–water partition coefficient (Wildman–Crippen LogP) is 2.62. The second-order valence-electron chi connectivity index (χ2n) is 6.25. The molecule has 0 spiro atoms. The summed E-state index contributed by atoms with van der Waals surface area (Å²) in [5.41, 5.74) is -0.824. The van der Waals surface area contributed by atoms with E-state index in [1.54, 1.807) is 4.90 Å². The molecule has 2 heterocycles. The normalized spacial score (nSPS) is 17.1. The maximum atomic E-state index is 12.7. The summed E-state index contributed by atoms with van der Waals surface area (Å²) in [6, 6.07) is 4.11. The molecule has 3 rings (SSSR count). The molecule has 0 saturated carbocycles. The number of carbonyl (C=O) groups excluding carboxylic acids is 2. The van der Waals surface area contributed by atoms with Gasteiger partial charge in [-0.3, -0.25) is 9.59 Å². The largest absolute Gasteiger partial charge is 0.484 e. The number of ether oxygens (including phenoxy) is 1. The number of nitrogens with zero attached hydrogens (tertiary/aromatic N) is 2. The Balaban J connectivity index is 1.56. The van der Waals surface area contributed by atoms with Gasteiger partial charge < -0.3 is 19.4 Å². The Hall–Kier alpha value is -3.04. The standard InChI is InChI=1S/C18H18F3N3O4/c1-2-24-8-12(7-16(24)25)22-17(26)14-9-28-15(23-14)10-27-13-5-3-4-11(6-13)18(19,20)21/h3-6,9,12H,2,7-8,10H2,1H3,(H,22,26)/t12-/m1/s1. The molecule has 1 aromatic carbocycles. The molecule has 2 amide bonds. The number of likely N-dealkylation sites (N-methyl/N-ethyl adjacent to an activating group) is 1. The molecule has 150 valence electrons. The summed E-state index contributed by atoms with van der Waals surface area (Å²) in [5, 5.41) is 2.71. The first-order chi connectivity index (χ1) is 13.3. The Kier molecular flexibility index (Phi) is 5.57. The lowest BCUT2D eigenvalue weighted by Crippen LogP contribution is -2.37. The van der Waals surface area contributed by atoms with Crippen molar-refractivity contribution in [3.8, 4) is 5.75 Å². The van der Waals surface area contributed by atoms with Crippen molar-refractivity contribution in [3.05, 3.63) is 47.7 Å². The van der Waals surface area contributed by atoms with Crippen LogP contribution in [0.5, 0.6) is 5.75 Å². The highest BCUT2D eigenvalue weighted by Crippen LogP contribution is 2.31. The van der Waals surface area contributed by atoms with E-state index in [-0.39, 0.29) is 42.3 Å². The van der Waals surface area contributed by atoms with Crippen LogP contribution in [0.15, 0.2) is 34.9 Å². The second-order valence-corrected chi connectivity index (χ2v) is 6.25. The fourth-order valence-corrected chi connectivity index (χ4v) is 2.82. The third-order valence-corrected chi connectivity index (χ3v) is 4.24. The van der Waals surface area contributed by atoms with Crippen molar-refractivity contribution in [1.82, 2.24) is 15.2 Å². The van der Waals surface area contributed by atoms with Gasteiger partial charge in [-0.25, -0.2) is 4.98 Å². The smallest absolute Gasteiger partial charge is 0.416 e. The third-order valence-electron chi connectivity index (χ3n) is 4.24. The molecule has 0 bridgehead atoms. The van der Waals surface area contributed by atoms with Gasteiger partial charge in [0.25, 0.3) is 5.91 Å². The average Bonchev–Trinajstić information content (AvgIpc) is 3.26. The summed E-state index contributed by atoms with van der Waals surface area (Å²) in [6.07, 6.45) is -3.11. The number of hydrogen-bond acceptors (Lipinski definition) is 5. The molecule has 0 aliphatic carbocycles. The molecular weight excluding hydrogens is 379 g/mol. The fourth-order valence-electron chi connectivity index (χ4n) is 2.82. The van der Waals surface area contributed by atoms with Crippen molar-refractivity contribution in [2.45, 2.75) is 32.2 Å². The van der Waals surface area contributed by atoms with E-state index in [0.717, 1.165) is 18.4 Å². The first-order valence-electron chi connectivity index (χ1n) is 8.59. The molecule has 1 aliphatic rings. The van der Waals surface area contributed by atoms with Crippen molar-refractivity contribution >= 4 is 11.8 Å². The number of carbonyl (C=O) groups is 2. The van der Waals surface area contributed by atoms with Crippen molar-refractivity contribution in [2.75, 3.05) is 13.1 Å². The van der Waals surface area contributed by atoms with Crippen molar-refractivity contribution in [2.24, 2.45) is 0 Å². The quantitative estimate of drug-likeness (QED) is 0.810. The number of alkyl halides is 3. The van der Waals surface area contributed by atoms with Crippen LogP contribution in [0, 0.1) is 0 Å². The second kappa shape index (κ2) is 7.91. The van der Waals surface area contributed by atoms with E-state index in [2.05, 4.69) is 10.3 Å².